The van der Waals surface area contributed by atoms with Gasteiger partial charge in [0, 0.05) is 24.4 Å². The van der Waals surface area contributed by atoms with Crippen molar-refractivity contribution < 1.29 is 17.6 Å². The first-order chi connectivity index (χ1) is 17.7. The minimum Gasteiger partial charge on any atom is -0.377 e. The maximum atomic E-state index is 14.3. The van der Waals surface area contributed by atoms with E-state index in [-0.39, 0.29) is 33.6 Å². The van der Waals surface area contributed by atoms with Gasteiger partial charge in [-0.1, -0.05) is 17.7 Å². The van der Waals surface area contributed by atoms with Crippen LogP contribution >= 0.6 is 11.6 Å². The highest BCUT2D eigenvalue weighted by Crippen LogP contribution is 2.29. The van der Waals surface area contributed by atoms with Crippen molar-refractivity contribution in [2.75, 3.05) is 11.6 Å². The van der Waals surface area contributed by atoms with Gasteiger partial charge in [0.05, 0.1) is 34.6 Å². The average molecular weight is 559 g/mol. The summed E-state index contributed by atoms with van der Waals surface area (Å²) in [5, 5.41) is 3.50. The first-order valence-corrected chi connectivity index (χ1v) is 13.6. The third kappa shape index (κ3) is 5.50. The summed E-state index contributed by atoms with van der Waals surface area (Å²) < 4.78 is 40.7. The van der Waals surface area contributed by atoms with Gasteiger partial charge in [-0.3, -0.25) is 19.1 Å². The van der Waals surface area contributed by atoms with E-state index in [1.54, 1.807) is 20.0 Å². The Labute approximate surface area is 223 Å². The molecule has 13 heteroatoms. The van der Waals surface area contributed by atoms with Crippen molar-refractivity contribution in [3.8, 4) is 11.4 Å². The molecule has 2 N–H and O–H groups in total. The smallest absolute Gasteiger partial charge is 0.285 e. The van der Waals surface area contributed by atoms with Gasteiger partial charge in [-0.25, -0.2) is 27.5 Å². The number of hydrogen-bond acceptors (Lipinski definition) is 8. The molecule has 3 aromatic heterocycles. The van der Waals surface area contributed by atoms with Gasteiger partial charge in [0.1, 0.15) is 16.8 Å². The van der Waals surface area contributed by atoms with Gasteiger partial charge in [-0.15, -0.1) is 0 Å². The number of sulfonamides is 1. The van der Waals surface area contributed by atoms with Crippen molar-refractivity contribution in [2.24, 2.45) is 7.05 Å². The zero-order chi connectivity index (χ0) is 27.9. The summed E-state index contributed by atoms with van der Waals surface area (Å²) in [6, 6.07) is 7.24. The second kappa shape index (κ2) is 10.1. The topological polar surface area (TPSA) is 136 Å². The zero-order valence-corrected chi connectivity index (χ0v) is 22.7. The zero-order valence-electron chi connectivity index (χ0n) is 21.1. The fourth-order valence-electron chi connectivity index (χ4n) is 4.02. The van der Waals surface area contributed by atoms with Crippen molar-refractivity contribution in [3.63, 3.8) is 0 Å². The number of benzene rings is 1. The van der Waals surface area contributed by atoms with Crippen molar-refractivity contribution in [2.45, 2.75) is 26.8 Å². The molecule has 0 unspecified atom stereocenters. The Balaban J connectivity index is 1.85. The van der Waals surface area contributed by atoms with Crippen LogP contribution in [0.2, 0.25) is 5.15 Å². The van der Waals surface area contributed by atoms with Crippen LogP contribution < -0.4 is 15.6 Å². The molecular weight excluding hydrogens is 535 g/mol. The number of amides is 1. The highest BCUT2D eigenvalue weighted by atomic mass is 35.5. The minimum absolute atomic E-state index is 0.00314. The number of nitrogens with one attached hydrogen (secondary N) is 2. The average Bonchev–Trinajstić information content (AvgIpc) is 2.83. The van der Waals surface area contributed by atoms with E-state index in [4.69, 9.17) is 16.6 Å². The van der Waals surface area contributed by atoms with Crippen LogP contribution in [0.5, 0.6) is 0 Å². The van der Waals surface area contributed by atoms with Gasteiger partial charge in [-0.2, -0.15) is 0 Å². The van der Waals surface area contributed by atoms with Crippen molar-refractivity contribution in [1.82, 2.24) is 24.2 Å². The lowest BCUT2D eigenvalue weighted by Gasteiger charge is -2.20. The van der Waals surface area contributed by atoms with E-state index < -0.39 is 27.8 Å². The molecule has 0 fully saturated rings. The number of pyridine rings is 2. The van der Waals surface area contributed by atoms with E-state index in [1.807, 2.05) is 17.7 Å². The maximum absolute atomic E-state index is 14.3. The number of anilines is 1. The number of aryl methyl sites for hydroxylation is 2. The fraction of sp³-hybridized carbons (Fsp3) is 0.240. The van der Waals surface area contributed by atoms with Gasteiger partial charge in [-0.05, 0) is 50.6 Å². The first-order valence-electron chi connectivity index (χ1n) is 11.3. The highest BCUT2D eigenvalue weighted by molar-refractivity contribution is 7.89. The molecule has 4 rings (SSSR count). The molecule has 198 valence electrons. The van der Waals surface area contributed by atoms with E-state index in [0.717, 1.165) is 11.8 Å². The molecule has 1 atom stereocenters. The molecule has 0 aliphatic rings. The summed E-state index contributed by atoms with van der Waals surface area (Å²) in [4.78, 5) is 38.7. The largest absolute Gasteiger partial charge is 0.377 e. The Hall–Kier alpha value is -3.90. The SMILES string of the molecule is Cc1cc([C@@H](C)Nc2ccc(Cl)nc2C(=O)NS(C)(=O)=O)c2nc(-c3cnc(C)c(F)c3)n(C)c(=O)c2c1. The van der Waals surface area contributed by atoms with Gasteiger partial charge >= 0.3 is 0 Å². The first kappa shape index (κ1) is 27.1. The number of nitrogens with zero attached hydrogens (tertiary/aromatic N) is 4. The number of fused-ring (bicyclic) bond motifs is 1. The second-order valence-corrected chi connectivity index (χ2v) is 11.1. The summed E-state index contributed by atoms with van der Waals surface area (Å²) in [5.74, 6) is -1.25. The van der Waals surface area contributed by atoms with Crippen molar-refractivity contribution in [1.29, 1.82) is 0 Å². The molecule has 4 aromatic rings. The molecule has 0 bridgehead atoms. The van der Waals surface area contributed by atoms with Crippen LogP contribution in [0.25, 0.3) is 22.3 Å². The lowest BCUT2D eigenvalue weighted by atomic mass is 10.0. The molecular formula is C25H24ClFN6O4S. The van der Waals surface area contributed by atoms with E-state index in [0.29, 0.717) is 22.0 Å². The van der Waals surface area contributed by atoms with Crippen LogP contribution in [-0.4, -0.2) is 40.1 Å². The van der Waals surface area contributed by atoms with Gasteiger partial charge in [0.15, 0.2) is 5.69 Å². The summed E-state index contributed by atoms with van der Waals surface area (Å²) >= 11 is 5.97. The number of carbonyl (C=O) groups is 1. The fourth-order valence-corrected chi connectivity index (χ4v) is 4.60. The summed E-state index contributed by atoms with van der Waals surface area (Å²) in [6.45, 7) is 5.15. The molecule has 1 aromatic carbocycles. The normalized spacial score (nSPS) is 12.4. The Bertz CT molecular complexity index is 1770. The van der Waals surface area contributed by atoms with E-state index in [1.165, 1.54) is 35.9 Å². The Morgan fingerprint density at radius 3 is 2.53 bits per heavy atom. The predicted octanol–water partition coefficient (Wildman–Crippen LogP) is 3.66. The van der Waals surface area contributed by atoms with Crippen LogP contribution in [0.4, 0.5) is 10.1 Å². The number of rotatable bonds is 6. The molecule has 0 aliphatic carbocycles. The number of hydrogen-bond donors (Lipinski definition) is 2. The highest BCUT2D eigenvalue weighted by Gasteiger charge is 2.22. The standard InChI is InChI=1S/C25H24ClFN6O4S/c1-12-8-16(13(2)29-19-6-7-20(26)30-22(19)24(34)32-38(5,36)37)21-17(9-12)25(35)33(4)23(31-21)15-10-18(27)14(3)28-11-15/h6-11,13,29H,1-5H3,(H,32,34)/t13-/m1/s1. The summed E-state index contributed by atoms with van der Waals surface area (Å²) in [6.07, 6.45) is 2.30. The number of carbonyl (C=O) groups excluding carboxylic acids is 1. The Morgan fingerprint density at radius 1 is 1.16 bits per heavy atom. The lowest BCUT2D eigenvalue weighted by Crippen LogP contribution is -2.31. The summed E-state index contributed by atoms with van der Waals surface area (Å²) in [5.41, 5.74) is 2.00. The molecule has 0 aliphatic heterocycles. The van der Waals surface area contributed by atoms with Crippen LogP contribution in [0, 0.1) is 19.7 Å². The molecule has 0 saturated carbocycles. The Kier molecular flexibility index (Phi) is 7.22. The second-order valence-electron chi connectivity index (χ2n) is 8.94. The molecule has 0 radical (unpaired) electrons. The molecule has 38 heavy (non-hydrogen) atoms. The Morgan fingerprint density at radius 2 is 1.87 bits per heavy atom. The van der Waals surface area contributed by atoms with Crippen LogP contribution in [0.15, 0.2) is 41.3 Å². The van der Waals surface area contributed by atoms with Crippen LogP contribution in [0.3, 0.4) is 0 Å². The van der Waals surface area contributed by atoms with E-state index in [9.17, 15) is 22.4 Å². The molecule has 1 amide bonds. The monoisotopic (exact) mass is 558 g/mol. The van der Waals surface area contributed by atoms with Crippen molar-refractivity contribution in [3.05, 3.63) is 80.4 Å². The predicted molar refractivity (Wildman–Crippen MR) is 143 cm³/mol. The maximum Gasteiger partial charge on any atom is 0.285 e. The van der Waals surface area contributed by atoms with Crippen LogP contribution in [-0.2, 0) is 17.1 Å². The molecule has 0 spiro atoms. The van der Waals surface area contributed by atoms with Crippen molar-refractivity contribution >= 4 is 44.1 Å². The van der Waals surface area contributed by atoms with Gasteiger partial charge < -0.3 is 5.32 Å². The number of aromatic nitrogens is 4. The molecule has 10 nitrogen and oxygen atoms in total. The lowest BCUT2D eigenvalue weighted by molar-refractivity contribution is 0.0977. The minimum atomic E-state index is -3.85. The quantitative estimate of drug-likeness (QED) is 0.342. The molecule has 3 heterocycles. The summed E-state index contributed by atoms with van der Waals surface area (Å²) in [7, 11) is -2.30. The van der Waals surface area contributed by atoms with Crippen LogP contribution in [0.1, 0.15) is 40.3 Å². The number of halogens is 2. The third-order valence-corrected chi connectivity index (χ3v) is 6.60. The molecule has 0 saturated heterocycles. The van der Waals surface area contributed by atoms with E-state index in [2.05, 4.69) is 15.3 Å². The van der Waals surface area contributed by atoms with Gasteiger partial charge in [0.2, 0.25) is 10.0 Å². The third-order valence-electron chi connectivity index (χ3n) is 5.83. The van der Waals surface area contributed by atoms with Gasteiger partial charge in [0.25, 0.3) is 11.5 Å². The van der Waals surface area contributed by atoms with E-state index >= 15 is 0 Å².